The smallest absolute Gasteiger partial charge is 0.415 e. The van der Waals surface area contributed by atoms with Crippen LogP contribution in [0, 0.1) is 0 Å². The number of hydrogen-bond acceptors (Lipinski definition) is 4. The van der Waals surface area contributed by atoms with Gasteiger partial charge in [-0.2, -0.15) is 0 Å². The highest BCUT2D eigenvalue weighted by Gasteiger charge is 2.37. The van der Waals surface area contributed by atoms with Crippen LogP contribution in [0.1, 0.15) is 19.8 Å². The Morgan fingerprint density at radius 3 is 2.46 bits per heavy atom. The third kappa shape index (κ3) is 3.06. The maximum Gasteiger partial charge on any atom is 0.426 e. The van der Waals surface area contributed by atoms with Crippen molar-refractivity contribution in [1.82, 2.24) is 4.72 Å². The van der Waals surface area contributed by atoms with E-state index in [-0.39, 0.29) is 5.76 Å². The molecule has 13 heavy (non-hydrogen) atoms. The molecule has 1 saturated carbocycles. The van der Waals surface area contributed by atoms with Crippen molar-refractivity contribution in [3.8, 4) is 0 Å². The molecule has 74 valence electrons. The van der Waals surface area contributed by atoms with Crippen molar-refractivity contribution < 1.29 is 17.9 Å². The number of amides is 1. The Hall–Kier alpha value is -1.04. The predicted octanol–water partition coefficient (Wildman–Crippen LogP) is 0.738. The third-order valence-electron chi connectivity index (χ3n) is 1.46. The second-order valence-electron chi connectivity index (χ2n) is 2.94. The topological polar surface area (TPSA) is 72.5 Å². The van der Waals surface area contributed by atoms with Gasteiger partial charge in [-0.3, -0.25) is 0 Å². The van der Waals surface area contributed by atoms with Gasteiger partial charge in [-0.1, -0.05) is 6.58 Å². The fraction of sp³-hybridized carbons (Fsp3) is 0.571. The van der Waals surface area contributed by atoms with Crippen LogP contribution in [0.5, 0.6) is 0 Å². The Morgan fingerprint density at radius 2 is 2.08 bits per heavy atom. The highest BCUT2D eigenvalue weighted by molar-refractivity contribution is 7.90. The maximum absolute atomic E-state index is 11.1. The first-order valence-electron chi connectivity index (χ1n) is 3.81. The Bertz CT molecular complexity index is 328. The SMILES string of the molecule is C=C(C)OC(=O)NS(=O)(=O)C1CC1. The first-order valence-corrected chi connectivity index (χ1v) is 5.35. The molecule has 0 aromatic carbocycles. The van der Waals surface area contributed by atoms with Gasteiger partial charge in [0.15, 0.2) is 0 Å². The molecule has 0 unspecified atom stereocenters. The lowest BCUT2D eigenvalue weighted by molar-refractivity contribution is 0.183. The molecule has 0 aromatic heterocycles. The normalized spacial score (nSPS) is 16.4. The molecule has 0 bridgehead atoms. The van der Waals surface area contributed by atoms with Crippen molar-refractivity contribution in [2.24, 2.45) is 0 Å². The first kappa shape index (κ1) is 10.0. The van der Waals surface area contributed by atoms with Crippen LogP contribution in [0.2, 0.25) is 0 Å². The van der Waals surface area contributed by atoms with Gasteiger partial charge in [-0.05, 0) is 19.8 Å². The van der Waals surface area contributed by atoms with Crippen LogP contribution in [-0.4, -0.2) is 19.8 Å². The summed E-state index contributed by atoms with van der Waals surface area (Å²) in [7, 11) is -3.50. The number of ether oxygens (including phenoxy) is 1. The van der Waals surface area contributed by atoms with Gasteiger partial charge in [0.1, 0.15) is 0 Å². The summed E-state index contributed by atoms with van der Waals surface area (Å²) in [5.41, 5.74) is 0. The van der Waals surface area contributed by atoms with E-state index in [1.54, 1.807) is 4.72 Å². The number of carbonyl (C=O) groups is 1. The van der Waals surface area contributed by atoms with Crippen LogP contribution < -0.4 is 4.72 Å². The van der Waals surface area contributed by atoms with Gasteiger partial charge >= 0.3 is 6.09 Å². The van der Waals surface area contributed by atoms with Gasteiger partial charge in [0.25, 0.3) is 0 Å². The van der Waals surface area contributed by atoms with Crippen molar-refractivity contribution in [3.63, 3.8) is 0 Å². The lowest BCUT2D eigenvalue weighted by Crippen LogP contribution is -2.33. The Morgan fingerprint density at radius 1 is 1.54 bits per heavy atom. The van der Waals surface area contributed by atoms with Gasteiger partial charge in [-0.25, -0.2) is 17.9 Å². The highest BCUT2D eigenvalue weighted by Crippen LogP contribution is 2.27. The summed E-state index contributed by atoms with van der Waals surface area (Å²) in [5.74, 6) is 0.156. The van der Waals surface area contributed by atoms with E-state index < -0.39 is 21.4 Å². The molecule has 0 heterocycles. The van der Waals surface area contributed by atoms with Crippen LogP contribution in [0.15, 0.2) is 12.3 Å². The van der Waals surface area contributed by atoms with E-state index in [0.29, 0.717) is 12.8 Å². The Kier molecular flexibility index (Phi) is 2.60. The zero-order chi connectivity index (χ0) is 10.1. The average Bonchev–Trinajstić information content (AvgIpc) is 2.60. The quantitative estimate of drug-likeness (QED) is 0.690. The van der Waals surface area contributed by atoms with Crippen molar-refractivity contribution in [2.45, 2.75) is 25.0 Å². The summed E-state index contributed by atoms with van der Waals surface area (Å²) >= 11 is 0. The van der Waals surface area contributed by atoms with E-state index in [0.717, 1.165) is 0 Å². The Balaban J connectivity index is 2.48. The molecule has 1 rings (SSSR count). The van der Waals surface area contributed by atoms with Gasteiger partial charge in [0.2, 0.25) is 10.0 Å². The second-order valence-corrected chi connectivity index (χ2v) is 4.90. The summed E-state index contributed by atoms with van der Waals surface area (Å²) in [6, 6.07) is 0. The molecule has 0 spiro atoms. The number of sulfonamides is 1. The maximum atomic E-state index is 11.1. The third-order valence-corrected chi connectivity index (χ3v) is 3.26. The molecule has 5 nitrogen and oxygen atoms in total. The van der Waals surface area contributed by atoms with Crippen LogP contribution in [0.25, 0.3) is 0 Å². The summed E-state index contributed by atoms with van der Waals surface area (Å²) in [6.07, 6.45) is 0.227. The summed E-state index contributed by atoms with van der Waals surface area (Å²) < 4.78 is 28.5. The molecular weight excluding hydrogens is 194 g/mol. The zero-order valence-corrected chi connectivity index (χ0v) is 8.06. The standard InChI is InChI=1S/C7H11NO4S/c1-5(2)12-7(9)8-13(10,11)6-3-4-6/h6H,1,3-4H2,2H3,(H,8,9). The second kappa shape index (κ2) is 3.37. The van der Waals surface area contributed by atoms with Crippen molar-refractivity contribution in [3.05, 3.63) is 12.3 Å². The Labute approximate surface area is 76.8 Å². The molecule has 1 amide bonds. The first-order chi connectivity index (χ1) is 5.92. The molecule has 0 radical (unpaired) electrons. The largest absolute Gasteiger partial charge is 0.426 e. The van der Waals surface area contributed by atoms with E-state index in [1.165, 1.54) is 6.92 Å². The minimum Gasteiger partial charge on any atom is -0.415 e. The highest BCUT2D eigenvalue weighted by atomic mass is 32.2. The van der Waals surface area contributed by atoms with Crippen LogP contribution in [-0.2, 0) is 14.8 Å². The lowest BCUT2D eigenvalue weighted by atomic mass is 10.7. The molecule has 0 saturated heterocycles. The molecule has 1 aliphatic carbocycles. The zero-order valence-electron chi connectivity index (χ0n) is 7.24. The van der Waals surface area contributed by atoms with Crippen LogP contribution in [0.3, 0.4) is 0 Å². The number of rotatable bonds is 3. The summed E-state index contributed by atoms with van der Waals surface area (Å²) in [4.78, 5) is 10.8. The molecule has 1 N–H and O–H groups in total. The van der Waals surface area contributed by atoms with E-state index >= 15 is 0 Å². The van der Waals surface area contributed by atoms with Gasteiger partial charge in [0, 0.05) is 0 Å². The molecule has 6 heteroatoms. The van der Waals surface area contributed by atoms with Gasteiger partial charge in [0.05, 0.1) is 11.0 Å². The fourth-order valence-electron chi connectivity index (χ4n) is 0.757. The fourth-order valence-corrected chi connectivity index (χ4v) is 1.95. The summed E-state index contributed by atoms with van der Waals surface area (Å²) in [6.45, 7) is 4.77. The number of allylic oxidation sites excluding steroid dienone is 1. The minimum atomic E-state index is -3.50. The lowest BCUT2D eigenvalue weighted by Gasteiger charge is -2.05. The monoisotopic (exact) mass is 205 g/mol. The van der Waals surface area contributed by atoms with E-state index in [4.69, 9.17) is 0 Å². The average molecular weight is 205 g/mol. The van der Waals surface area contributed by atoms with Crippen LogP contribution >= 0.6 is 0 Å². The van der Waals surface area contributed by atoms with Crippen molar-refractivity contribution >= 4 is 16.1 Å². The molecule has 0 atom stereocenters. The van der Waals surface area contributed by atoms with Crippen molar-refractivity contribution in [2.75, 3.05) is 0 Å². The van der Waals surface area contributed by atoms with E-state index in [9.17, 15) is 13.2 Å². The molecule has 1 aliphatic rings. The number of nitrogens with one attached hydrogen (secondary N) is 1. The van der Waals surface area contributed by atoms with Crippen LogP contribution in [0.4, 0.5) is 4.79 Å². The molecular formula is C7H11NO4S. The van der Waals surface area contributed by atoms with E-state index in [2.05, 4.69) is 11.3 Å². The summed E-state index contributed by atoms with van der Waals surface area (Å²) in [5, 5.41) is -0.426. The van der Waals surface area contributed by atoms with Gasteiger partial charge < -0.3 is 4.74 Å². The van der Waals surface area contributed by atoms with Gasteiger partial charge in [-0.15, -0.1) is 0 Å². The molecule has 0 aromatic rings. The minimum absolute atomic E-state index is 0.156. The molecule has 0 aliphatic heterocycles. The number of hydrogen-bond donors (Lipinski definition) is 1. The number of carbonyl (C=O) groups excluding carboxylic acids is 1. The predicted molar refractivity (Wildman–Crippen MR) is 46.4 cm³/mol. The van der Waals surface area contributed by atoms with E-state index in [1.807, 2.05) is 0 Å². The molecule has 1 fully saturated rings. The van der Waals surface area contributed by atoms with Crippen molar-refractivity contribution in [1.29, 1.82) is 0 Å².